The smallest absolute Gasteiger partial charge is 0.308 e. The van der Waals surface area contributed by atoms with E-state index in [1.165, 1.54) is 12.7 Å². The molecule has 0 N–H and O–H groups in total. The van der Waals surface area contributed by atoms with Gasteiger partial charge in [-0.2, -0.15) is 0 Å². The van der Waals surface area contributed by atoms with E-state index in [0.717, 1.165) is 25.4 Å². The second-order valence-electron chi connectivity index (χ2n) is 4.86. The zero-order valence-electron chi connectivity index (χ0n) is 12.0. The minimum atomic E-state index is -0.224. The lowest BCUT2D eigenvalue weighted by molar-refractivity contribution is -0.145. The SMILES string of the molecule is COC(=O)CC1CN(Cc2cccc(OC)c2)CCO1. The van der Waals surface area contributed by atoms with Crippen molar-refractivity contribution in [2.75, 3.05) is 33.9 Å². The van der Waals surface area contributed by atoms with Crippen LogP contribution in [-0.2, 0) is 20.8 Å². The molecule has 5 nitrogen and oxygen atoms in total. The highest BCUT2D eigenvalue weighted by Crippen LogP contribution is 2.17. The first kappa shape index (κ1) is 14.8. The Morgan fingerprint density at radius 3 is 3.05 bits per heavy atom. The van der Waals surface area contributed by atoms with Gasteiger partial charge in [-0.3, -0.25) is 9.69 Å². The molecular formula is C15H21NO4. The van der Waals surface area contributed by atoms with Gasteiger partial charge in [0.15, 0.2) is 0 Å². The number of hydrogen-bond donors (Lipinski definition) is 0. The van der Waals surface area contributed by atoms with Crippen molar-refractivity contribution in [3.05, 3.63) is 29.8 Å². The van der Waals surface area contributed by atoms with Crippen LogP contribution in [0.1, 0.15) is 12.0 Å². The maximum atomic E-state index is 11.3. The zero-order valence-corrected chi connectivity index (χ0v) is 12.0. The van der Waals surface area contributed by atoms with Crippen molar-refractivity contribution in [3.63, 3.8) is 0 Å². The number of rotatable bonds is 5. The average molecular weight is 279 g/mol. The van der Waals surface area contributed by atoms with Crippen LogP contribution in [0.5, 0.6) is 5.75 Å². The molecule has 1 aromatic rings. The monoisotopic (exact) mass is 279 g/mol. The first-order chi connectivity index (χ1) is 9.71. The van der Waals surface area contributed by atoms with Gasteiger partial charge in [-0.1, -0.05) is 12.1 Å². The Kier molecular flexibility index (Phi) is 5.38. The molecule has 2 rings (SSSR count). The lowest BCUT2D eigenvalue weighted by Gasteiger charge is -2.32. The Balaban J connectivity index is 1.90. The number of benzene rings is 1. The summed E-state index contributed by atoms with van der Waals surface area (Å²) in [5.41, 5.74) is 1.20. The summed E-state index contributed by atoms with van der Waals surface area (Å²) in [6, 6.07) is 8.03. The van der Waals surface area contributed by atoms with Gasteiger partial charge < -0.3 is 14.2 Å². The molecule has 1 unspecified atom stereocenters. The number of esters is 1. The summed E-state index contributed by atoms with van der Waals surface area (Å²) in [5, 5.41) is 0. The fraction of sp³-hybridized carbons (Fsp3) is 0.533. The average Bonchev–Trinajstić information content (AvgIpc) is 2.47. The Hall–Kier alpha value is -1.59. The molecule has 20 heavy (non-hydrogen) atoms. The predicted octanol–water partition coefficient (Wildman–Crippen LogP) is 1.46. The molecule has 1 fully saturated rings. The maximum absolute atomic E-state index is 11.3. The van der Waals surface area contributed by atoms with Gasteiger partial charge in [0.05, 0.1) is 33.4 Å². The van der Waals surface area contributed by atoms with E-state index in [1.807, 2.05) is 18.2 Å². The third-order valence-electron chi connectivity index (χ3n) is 3.39. The molecule has 110 valence electrons. The fourth-order valence-corrected chi connectivity index (χ4v) is 2.35. The van der Waals surface area contributed by atoms with E-state index in [2.05, 4.69) is 15.7 Å². The Morgan fingerprint density at radius 2 is 2.30 bits per heavy atom. The van der Waals surface area contributed by atoms with Gasteiger partial charge in [0, 0.05) is 19.6 Å². The summed E-state index contributed by atoms with van der Waals surface area (Å²) >= 11 is 0. The Morgan fingerprint density at radius 1 is 1.45 bits per heavy atom. The molecular weight excluding hydrogens is 258 g/mol. The number of carbonyl (C=O) groups is 1. The van der Waals surface area contributed by atoms with Crippen molar-refractivity contribution in [1.82, 2.24) is 4.90 Å². The van der Waals surface area contributed by atoms with Gasteiger partial charge in [-0.15, -0.1) is 0 Å². The third kappa shape index (κ3) is 4.21. The second-order valence-corrected chi connectivity index (χ2v) is 4.86. The van der Waals surface area contributed by atoms with Crippen molar-refractivity contribution in [1.29, 1.82) is 0 Å². The number of carbonyl (C=O) groups excluding carboxylic acids is 1. The standard InChI is InChI=1S/C15H21NO4/c1-18-13-5-3-4-12(8-13)10-16-6-7-20-14(11-16)9-15(17)19-2/h3-5,8,14H,6-7,9-11H2,1-2H3. The van der Waals surface area contributed by atoms with Gasteiger partial charge in [-0.05, 0) is 17.7 Å². The number of methoxy groups -OCH3 is 2. The van der Waals surface area contributed by atoms with Crippen LogP contribution in [0.3, 0.4) is 0 Å². The van der Waals surface area contributed by atoms with Gasteiger partial charge in [0.2, 0.25) is 0 Å². The number of morpholine rings is 1. The molecule has 0 radical (unpaired) electrons. The minimum absolute atomic E-state index is 0.0817. The molecule has 0 aromatic heterocycles. The predicted molar refractivity (Wildman–Crippen MR) is 74.6 cm³/mol. The van der Waals surface area contributed by atoms with E-state index in [4.69, 9.17) is 9.47 Å². The van der Waals surface area contributed by atoms with E-state index in [-0.39, 0.29) is 12.1 Å². The molecule has 1 aromatic carbocycles. The summed E-state index contributed by atoms with van der Waals surface area (Å²) < 4.78 is 15.5. The molecule has 1 aliphatic heterocycles. The van der Waals surface area contributed by atoms with Gasteiger partial charge in [0.25, 0.3) is 0 Å². The van der Waals surface area contributed by atoms with Crippen LogP contribution in [0.2, 0.25) is 0 Å². The van der Waals surface area contributed by atoms with E-state index >= 15 is 0 Å². The third-order valence-corrected chi connectivity index (χ3v) is 3.39. The summed E-state index contributed by atoms with van der Waals surface area (Å²) in [6.07, 6.45) is 0.229. The molecule has 1 atom stereocenters. The van der Waals surface area contributed by atoms with Crippen LogP contribution in [0.25, 0.3) is 0 Å². The molecule has 0 aliphatic carbocycles. The first-order valence-electron chi connectivity index (χ1n) is 6.75. The summed E-state index contributed by atoms with van der Waals surface area (Å²) in [7, 11) is 3.07. The summed E-state index contributed by atoms with van der Waals surface area (Å²) in [6.45, 7) is 3.09. The Labute approximate surface area is 119 Å². The van der Waals surface area contributed by atoms with Crippen LogP contribution >= 0.6 is 0 Å². The molecule has 1 aliphatic rings. The van der Waals surface area contributed by atoms with Crippen molar-refractivity contribution in [2.24, 2.45) is 0 Å². The van der Waals surface area contributed by atoms with Crippen molar-refractivity contribution < 1.29 is 19.0 Å². The van der Waals surface area contributed by atoms with E-state index in [9.17, 15) is 4.79 Å². The minimum Gasteiger partial charge on any atom is -0.497 e. The molecule has 0 spiro atoms. The summed E-state index contributed by atoms with van der Waals surface area (Å²) in [5.74, 6) is 0.639. The van der Waals surface area contributed by atoms with Crippen molar-refractivity contribution in [2.45, 2.75) is 19.1 Å². The quantitative estimate of drug-likeness (QED) is 0.764. The molecule has 0 saturated carbocycles. The van der Waals surface area contributed by atoms with E-state index < -0.39 is 0 Å². The molecule has 0 amide bonds. The Bertz CT molecular complexity index is 449. The van der Waals surface area contributed by atoms with Crippen LogP contribution in [0.4, 0.5) is 0 Å². The van der Waals surface area contributed by atoms with Gasteiger partial charge >= 0.3 is 5.97 Å². The lowest BCUT2D eigenvalue weighted by atomic mass is 10.1. The van der Waals surface area contributed by atoms with Crippen LogP contribution < -0.4 is 4.74 Å². The van der Waals surface area contributed by atoms with Crippen LogP contribution in [-0.4, -0.2) is 50.9 Å². The maximum Gasteiger partial charge on any atom is 0.308 e. The molecule has 0 bridgehead atoms. The number of ether oxygens (including phenoxy) is 3. The number of nitrogens with zero attached hydrogens (tertiary/aromatic N) is 1. The fourth-order valence-electron chi connectivity index (χ4n) is 2.35. The topological polar surface area (TPSA) is 48.0 Å². The zero-order chi connectivity index (χ0) is 14.4. The first-order valence-corrected chi connectivity index (χ1v) is 6.75. The lowest BCUT2D eigenvalue weighted by Crippen LogP contribution is -2.42. The highest BCUT2D eigenvalue weighted by atomic mass is 16.5. The number of hydrogen-bond acceptors (Lipinski definition) is 5. The molecule has 1 heterocycles. The highest BCUT2D eigenvalue weighted by Gasteiger charge is 2.23. The highest BCUT2D eigenvalue weighted by molar-refractivity contribution is 5.69. The normalized spacial score (nSPS) is 19.6. The van der Waals surface area contributed by atoms with Crippen LogP contribution in [0.15, 0.2) is 24.3 Å². The second kappa shape index (κ2) is 7.26. The van der Waals surface area contributed by atoms with Crippen molar-refractivity contribution in [3.8, 4) is 5.75 Å². The van der Waals surface area contributed by atoms with Crippen molar-refractivity contribution >= 4 is 5.97 Å². The molecule has 1 saturated heterocycles. The van der Waals surface area contributed by atoms with Crippen LogP contribution in [0, 0.1) is 0 Å². The van der Waals surface area contributed by atoms with Gasteiger partial charge in [0.1, 0.15) is 5.75 Å². The molecule has 5 heteroatoms. The largest absolute Gasteiger partial charge is 0.497 e. The van der Waals surface area contributed by atoms with E-state index in [1.54, 1.807) is 7.11 Å². The van der Waals surface area contributed by atoms with Gasteiger partial charge in [-0.25, -0.2) is 0 Å². The summed E-state index contributed by atoms with van der Waals surface area (Å²) in [4.78, 5) is 13.6. The van der Waals surface area contributed by atoms with E-state index in [0.29, 0.717) is 13.0 Å².